The minimum absolute atomic E-state index is 0.111. The molecule has 6 heteroatoms. The van der Waals surface area contributed by atoms with Crippen molar-refractivity contribution in [3.05, 3.63) is 63.0 Å². The van der Waals surface area contributed by atoms with Crippen LogP contribution in [0.5, 0.6) is 0 Å². The Morgan fingerprint density at radius 3 is 2.72 bits per heavy atom. The number of carbonyl (C=O) groups is 1. The van der Waals surface area contributed by atoms with Crippen molar-refractivity contribution in [2.45, 2.75) is 65.5 Å². The van der Waals surface area contributed by atoms with Gasteiger partial charge >= 0.3 is 0 Å². The van der Waals surface area contributed by atoms with Gasteiger partial charge in [-0.2, -0.15) is 0 Å². The summed E-state index contributed by atoms with van der Waals surface area (Å²) in [5, 5.41) is 4.06. The van der Waals surface area contributed by atoms with Gasteiger partial charge in [0.05, 0.1) is 10.6 Å². The summed E-state index contributed by atoms with van der Waals surface area (Å²) in [5.74, 6) is 0.337. The van der Waals surface area contributed by atoms with Gasteiger partial charge in [0.15, 0.2) is 5.17 Å². The third kappa shape index (κ3) is 4.46. The van der Waals surface area contributed by atoms with Gasteiger partial charge in [0.2, 0.25) is 0 Å². The van der Waals surface area contributed by atoms with E-state index in [0.29, 0.717) is 27.1 Å². The van der Waals surface area contributed by atoms with Crippen LogP contribution >= 0.6 is 23.4 Å². The highest BCUT2D eigenvalue weighted by atomic mass is 35.5. The van der Waals surface area contributed by atoms with E-state index in [9.17, 15) is 4.79 Å². The number of aryl methyl sites for hydroxylation is 1. The van der Waals surface area contributed by atoms with Crippen LogP contribution in [0.2, 0.25) is 5.02 Å². The second-order valence-corrected chi connectivity index (χ2v) is 11.1. The van der Waals surface area contributed by atoms with Crippen molar-refractivity contribution >= 4 is 51.9 Å². The van der Waals surface area contributed by atoms with E-state index < -0.39 is 0 Å². The number of nitrogens with zero attached hydrogens (tertiary/aromatic N) is 2. The van der Waals surface area contributed by atoms with Crippen LogP contribution in [0.1, 0.15) is 63.6 Å². The molecule has 0 bridgehead atoms. The molecule has 2 aliphatic rings. The molecular formula is C26H30ClN3OS. The number of halogens is 1. The Balaban J connectivity index is 1.68. The number of aliphatic imine (C=N–C) groups is 1. The maximum atomic E-state index is 12.6. The fourth-order valence-electron chi connectivity index (χ4n) is 5.03. The van der Waals surface area contributed by atoms with E-state index in [1.807, 2.05) is 18.2 Å². The quantitative estimate of drug-likeness (QED) is 0.492. The topological polar surface area (TPSA) is 44.7 Å². The molecule has 1 saturated heterocycles. The standard InChI is InChI=1S/C26H30ClN3OS/c1-15(2)30-22-10-16(3)18(11-21(22)17(4)14-26(30,5)6)12-23-24(31)29-25(32-23)28-20-9-7-8-19(27)13-20/h7-13,15,17H,14H2,1-6H3,(H,28,29,31)/b23-12-/t17-/m0/s1. The summed E-state index contributed by atoms with van der Waals surface area (Å²) >= 11 is 7.41. The highest BCUT2D eigenvalue weighted by molar-refractivity contribution is 8.18. The predicted octanol–water partition coefficient (Wildman–Crippen LogP) is 7.04. The van der Waals surface area contributed by atoms with E-state index >= 15 is 0 Å². The van der Waals surface area contributed by atoms with Gasteiger partial charge in [-0.1, -0.05) is 24.6 Å². The van der Waals surface area contributed by atoms with E-state index in [1.54, 1.807) is 12.1 Å². The lowest BCUT2D eigenvalue weighted by molar-refractivity contribution is -0.115. The Morgan fingerprint density at radius 2 is 2.03 bits per heavy atom. The number of benzene rings is 2. The fraction of sp³-hybridized carbons (Fsp3) is 0.385. The fourth-order valence-corrected chi connectivity index (χ4v) is 6.05. The Kier molecular flexibility index (Phi) is 6.17. The summed E-state index contributed by atoms with van der Waals surface area (Å²) in [4.78, 5) is 20.3. The summed E-state index contributed by atoms with van der Waals surface area (Å²) in [6.07, 6.45) is 3.09. The molecular weight excluding hydrogens is 438 g/mol. The van der Waals surface area contributed by atoms with Gasteiger partial charge < -0.3 is 10.2 Å². The second-order valence-electron chi connectivity index (χ2n) is 9.61. The SMILES string of the molecule is Cc1cc2c(cc1/C=C1\SC(=Nc3cccc(Cl)c3)NC1=O)[C@@H](C)CC(C)(C)N2C(C)C. The van der Waals surface area contributed by atoms with Gasteiger partial charge in [-0.25, -0.2) is 4.99 Å². The number of amides is 1. The Morgan fingerprint density at radius 1 is 1.28 bits per heavy atom. The van der Waals surface area contributed by atoms with Crippen molar-refractivity contribution in [1.82, 2.24) is 5.32 Å². The number of thioether (sulfide) groups is 1. The molecule has 32 heavy (non-hydrogen) atoms. The zero-order chi connectivity index (χ0) is 23.2. The van der Waals surface area contributed by atoms with E-state index in [2.05, 4.69) is 68.9 Å². The molecule has 1 amide bonds. The summed E-state index contributed by atoms with van der Waals surface area (Å²) < 4.78 is 0. The van der Waals surface area contributed by atoms with Crippen LogP contribution in [0.4, 0.5) is 11.4 Å². The van der Waals surface area contributed by atoms with Gasteiger partial charge in [0.25, 0.3) is 5.91 Å². The smallest absolute Gasteiger partial charge is 0.264 e. The van der Waals surface area contributed by atoms with Crippen molar-refractivity contribution in [2.24, 2.45) is 4.99 Å². The average Bonchev–Trinajstić information content (AvgIpc) is 3.00. The summed E-state index contributed by atoms with van der Waals surface area (Å²) in [6.45, 7) is 13.6. The molecule has 168 valence electrons. The van der Waals surface area contributed by atoms with Gasteiger partial charge in [-0.05, 0) is 112 Å². The lowest BCUT2D eigenvalue weighted by Gasteiger charge is -2.50. The highest BCUT2D eigenvalue weighted by Gasteiger charge is 2.38. The molecule has 2 aromatic rings. The Bertz CT molecular complexity index is 1140. The molecule has 4 nitrogen and oxygen atoms in total. The van der Waals surface area contributed by atoms with Crippen LogP contribution < -0.4 is 10.2 Å². The first-order chi connectivity index (χ1) is 15.0. The van der Waals surface area contributed by atoms with E-state index in [1.165, 1.54) is 28.6 Å². The van der Waals surface area contributed by atoms with Gasteiger partial charge in [0.1, 0.15) is 0 Å². The Hall–Kier alpha value is -2.24. The van der Waals surface area contributed by atoms with Crippen molar-refractivity contribution in [1.29, 1.82) is 0 Å². The maximum Gasteiger partial charge on any atom is 0.264 e. The number of fused-ring (bicyclic) bond motifs is 1. The number of hydrogen-bond donors (Lipinski definition) is 1. The van der Waals surface area contributed by atoms with E-state index in [0.717, 1.165) is 17.7 Å². The number of carbonyl (C=O) groups excluding carboxylic acids is 1. The van der Waals surface area contributed by atoms with Crippen molar-refractivity contribution in [3.8, 4) is 0 Å². The maximum absolute atomic E-state index is 12.6. The summed E-state index contributed by atoms with van der Waals surface area (Å²) in [5.41, 5.74) is 5.75. The summed E-state index contributed by atoms with van der Waals surface area (Å²) in [7, 11) is 0. The average molecular weight is 468 g/mol. The molecule has 0 spiro atoms. The minimum Gasteiger partial charge on any atom is -0.364 e. The normalized spacial score (nSPS) is 22.6. The number of rotatable bonds is 3. The number of anilines is 1. The molecule has 1 atom stereocenters. The van der Waals surface area contributed by atoms with Gasteiger partial charge in [0, 0.05) is 22.3 Å². The number of nitrogens with one attached hydrogen (secondary N) is 1. The van der Waals surface area contributed by atoms with Crippen LogP contribution in [0.25, 0.3) is 6.08 Å². The summed E-state index contributed by atoms with van der Waals surface area (Å²) in [6, 6.07) is 12.3. The monoisotopic (exact) mass is 467 g/mol. The third-order valence-corrected chi connectivity index (χ3v) is 7.30. The zero-order valence-corrected chi connectivity index (χ0v) is 21.1. The van der Waals surface area contributed by atoms with E-state index in [-0.39, 0.29) is 11.4 Å². The van der Waals surface area contributed by atoms with Crippen molar-refractivity contribution < 1.29 is 4.79 Å². The van der Waals surface area contributed by atoms with Crippen LogP contribution in [0, 0.1) is 6.92 Å². The molecule has 2 aromatic carbocycles. The first kappa shape index (κ1) is 22.9. The molecule has 1 N–H and O–H groups in total. The first-order valence-electron chi connectivity index (χ1n) is 11.0. The van der Waals surface area contributed by atoms with Crippen molar-refractivity contribution in [2.75, 3.05) is 4.90 Å². The molecule has 2 aliphatic heterocycles. The molecule has 0 radical (unpaired) electrons. The zero-order valence-electron chi connectivity index (χ0n) is 19.5. The highest BCUT2D eigenvalue weighted by Crippen LogP contribution is 2.45. The number of hydrogen-bond acceptors (Lipinski definition) is 4. The lowest BCUT2D eigenvalue weighted by Crippen LogP contribution is -2.51. The van der Waals surface area contributed by atoms with Crippen molar-refractivity contribution in [3.63, 3.8) is 0 Å². The van der Waals surface area contributed by atoms with Gasteiger partial charge in [-0.3, -0.25) is 4.79 Å². The van der Waals surface area contributed by atoms with E-state index in [4.69, 9.17) is 11.6 Å². The predicted molar refractivity (Wildman–Crippen MR) is 138 cm³/mol. The third-order valence-electron chi connectivity index (χ3n) is 6.16. The van der Waals surface area contributed by atoms with Crippen LogP contribution in [0.3, 0.4) is 0 Å². The number of amidine groups is 1. The largest absolute Gasteiger partial charge is 0.364 e. The van der Waals surface area contributed by atoms with Crippen LogP contribution in [-0.2, 0) is 4.79 Å². The van der Waals surface area contributed by atoms with Gasteiger partial charge in [-0.15, -0.1) is 0 Å². The molecule has 2 heterocycles. The van der Waals surface area contributed by atoms with Crippen LogP contribution in [0.15, 0.2) is 46.3 Å². The Labute approximate surface area is 200 Å². The lowest BCUT2D eigenvalue weighted by atomic mass is 9.78. The molecule has 4 rings (SSSR count). The molecule has 1 fully saturated rings. The molecule has 0 saturated carbocycles. The molecule has 0 unspecified atom stereocenters. The first-order valence-corrected chi connectivity index (χ1v) is 12.2. The molecule has 0 aliphatic carbocycles. The second kappa shape index (κ2) is 8.60. The minimum atomic E-state index is -0.120. The van der Waals surface area contributed by atoms with Crippen LogP contribution in [-0.4, -0.2) is 22.7 Å². The molecule has 0 aromatic heterocycles.